The predicted octanol–water partition coefficient (Wildman–Crippen LogP) is 5.89. The first kappa shape index (κ1) is 23.9. The van der Waals surface area contributed by atoms with Crippen molar-refractivity contribution in [2.24, 2.45) is 27.8 Å². The quantitative estimate of drug-likeness (QED) is 0.179. The molecule has 0 heterocycles. The van der Waals surface area contributed by atoms with E-state index in [0.29, 0.717) is 18.3 Å². The lowest BCUT2D eigenvalue weighted by Crippen LogP contribution is -2.12. The van der Waals surface area contributed by atoms with Gasteiger partial charge in [0.25, 0.3) is 0 Å². The third-order valence-electron chi connectivity index (χ3n) is 3.94. The van der Waals surface area contributed by atoms with Crippen molar-refractivity contribution in [2.45, 2.75) is 67.2 Å². The van der Waals surface area contributed by atoms with Gasteiger partial charge in [-0.25, -0.2) is 0 Å². The van der Waals surface area contributed by atoms with Crippen molar-refractivity contribution >= 4 is 12.5 Å². The molecule has 23 heavy (non-hydrogen) atoms. The van der Waals surface area contributed by atoms with Crippen LogP contribution in [-0.4, -0.2) is 17.7 Å². The van der Waals surface area contributed by atoms with Gasteiger partial charge in [0, 0.05) is 12.6 Å². The lowest BCUT2D eigenvalue weighted by Gasteiger charge is -2.23. The number of nitrogens with zero attached hydrogens (tertiary/aromatic N) is 1. The first-order chi connectivity index (χ1) is 10.5. The predicted molar refractivity (Wildman–Crippen MR) is 101 cm³/mol. The Hall–Kier alpha value is -1.38. The average Bonchev–Trinajstić information content (AvgIpc) is 2.45. The van der Waals surface area contributed by atoms with E-state index in [1.165, 1.54) is 0 Å². The number of aldehydes is 1. The SMILES string of the molecule is C=CC(C)(C)CC(C)C/C=N/O.C=CC(C)(C)CC(C)CC=O. The Kier molecular flexibility index (Phi) is 12.6. The van der Waals surface area contributed by atoms with Gasteiger partial charge in [-0.15, -0.1) is 18.3 Å². The Balaban J connectivity index is 0. The molecule has 3 heteroatoms. The van der Waals surface area contributed by atoms with Crippen molar-refractivity contribution in [3.8, 4) is 0 Å². The van der Waals surface area contributed by atoms with E-state index in [1.54, 1.807) is 6.21 Å². The molecule has 0 spiro atoms. The van der Waals surface area contributed by atoms with Gasteiger partial charge in [-0.05, 0) is 41.9 Å². The highest BCUT2D eigenvalue weighted by atomic mass is 16.4. The van der Waals surface area contributed by atoms with E-state index in [-0.39, 0.29) is 10.8 Å². The second-order valence-corrected chi connectivity index (χ2v) is 7.94. The number of hydrogen-bond acceptors (Lipinski definition) is 3. The van der Waals surface area contributed by atoms with E-state index < -0.39 is 0 Å². The van der Waals surface area contributed by atoms with Crippen LogP contribution in [0.1, 0.15) is 67.2 Å². The molecule has 2 unspecified atom stereocenters. The first-order valence-corrected chi connectivity index (χ1v) is 8.40. The normalized spacial score (nSPS) is 14.5. The molecule has 0 aliphatic carbocycles. The molecule has 0 bridgehead atoms. The third kappa shape index (κ3) is 15.3. The molecule has 0 saturated carbocycles. The van der Waals surface area contributed by atoms with Gasteiger partial charge >= 0.3 is 0 Å². The fourth-order valence-corrected chi connectivity index (χ4v) is 2.52. The van der Waals surface area contributed by atoms with Crippen molar-refractivity contribution in [1.29, 1.82) is 0 Å². The summed E-state index contributed by atoms with van der Waals surface area (Å²) in [4.78, 5) is 10.2. The van der Waals surface area contributed by atoms with Crippen molar-refractivity contribution in [3.63, 3.8) is 0 Å². The van der Waals surface area contributed by atoms with Crippen LogP contribution in [0, 0.1) is 22.7 Å². The van der Waals surface area contributed by atoms with Crippen LogP contribution in [0.25, 0.3) is 0 Å². The summed E-state index contributed by atoms with van der Waals surface area (Å²) in [5.41, 5.74) is 0.352. The molecule has 0 aromatic carbocycles. The monoisotopic (exact) mass is 323 g/mol. The van der Waals surface area contributed by atoms with Crippen LogP contribution in [0.5, 0.6) is 0 Å². The minimum atomic E-state index is 0.169. The Labute approximate surface area is 143 Å². The maximum atomic E-state index is 10.2. The molecule has 0 aliphatic heterocycles. The highest BCUT2D eigenvalue weighted by Crippen LogP contribution is 2.27. The van der Waals surface area contributed by atoms with Gasteiger partial charge in [-0.3, -0.25) is 0 Å². The van der Waals surface area contributed by atoms with Gasteiger partial charge in [0.15, 0.2) is 0 Å². The topological polar surface area (TPSA) is 49.7 Å². The van der Waals surface area contributed by atoms with Gasteiger partial charge in [0.2, 0.25) is 0 Å². The molecule has 0 amide bonds. The van der Waals surface area contributed by atoms with Gasteiger partial charge in [-0.2, -0.15) is 0 Å². The molecule has 0 fully saturated rings. The molecule has 0 aromatic rings. The number of oxime groups is 1. The zero-order valence-electron chi connectivity index (χ0n) is 16.0. The van der Waals surface area contributed by atoms with Gasteiger partial charge in [0.1, 0.15) is 6.29 Å². The molecule has 2 atom stereocenters. The largest absolute Gasteiger partial charge is 0.411 e. The van der Waals surface area contributed by atoms with Crippen molar-refractivity contribution in [2.75, 3.05) is 0 Å². The summed E-state index contributed by atoms with van der Waals surface area (Å²) < 4.78 is 0. The van der Waals surface area contributed by atoms with Crippen molar-refractivity contribution < 1.29 is 10.0 Å². The number of hydrogen-bond donors (Lipinski definition) is 1. The number of rotatable bonds is 10. The fourth-order valence-electron chi connectivity index (χ4n) is 2.52. The van der Waals surface area contributed by atoms with Crippen LogP contribution in [-0.2, 0) is 4.79 Å². The van der Waals surface area contributed by atoms with E-state index in [2.05, 4.69) is 59.9 Å². The molecule has 0 saturated heterocycles. The highest BCUT2D eigenvalue weighted by molar-refractivity contribution is 5.56. The molecular weight excluding hydrogens is 286 g/mol. The summed E-state index contributed by atoms with van der Waals surface area (Å²) in [6.45, 7) is 20.4. The Morgan fingerprint density at radius 2 is 1.35 bits per heavy atom. The molecule has 134 valence electrons. The first-order valence-electron chi connectivity index (χ1n) is 8.40. The van der Waals surface area contributed by atoms with Gasteiger partial charge < -0.3 is 10.0 Å². The van der Waals surface area contributed by atoms with Crippen LogP contribution in [0.2, 0.25) is 0 Å². The lowest BCUT2D eigenvalue weighted by molar-refractivity contribution is -0.108. The highest BCUT2D eigenvalue weighted by Gasteiger charge is 2.17. The standard InChI is InChI=1S/C10H19NO.C10H18O/c1-5-10(3,4)8-9(2)6-7-11-12;1-5-10(3,4)8-9(2)6-7-11/h5,7,9,12H,1,6,8H2,2-4H3;5,7,9H,1,6,8H2,2-4H3/b11-7+;. The van der Waals surface area contributed by atoms with E-state index >= 15 is 0 Å². The molecule has 1 N–H and O–H groups in total. The number of allylic oxidation sites excluding steroid dienone is 2. The van der Waals surface area contributed by atoms with Crippen molar-refractivity contribution in [3.05, 3.63) is 25.3 Å². The van der Waals surface area contributed by atoms with Crippen LogP contribution >= 0.6 is 0 Å². The second kappa shape index (κ2) is 12.1. The molecule has 0 rings (SSSR count). The van der Waals surface area contributed by atoms with Crippen LogP contribution < -0.4 is 0 Å². The van der Waals surface area contributed by atoms with Crippen molar-refractivity contribution in [1.82, 2.24) is 0 Å². The Bertz CT molecular complexity index is 370. The smallest absolute Gasteiger partial charge is 0.120 e. The Morgan fingerprint density at radius 3 is 1.65 bits per heavy atom. The zero-order chi connectivity index (χ0) is 18.5. The van der Waals surface area contributed by atoms with Gasteiger partial charge in [-0.1, -0.05) is 53.7 Å². The maximum Gasteiger partial charge on any atom is 0.120 e. The maximum absolute atomic E-state index is 10.2. The zero-order valence-corrected chi connectivity index (χ0v) is 16.0. The minimum absolute atomic E-state index is 0.169. The summed E-state index contributed by atoms with van der Waals surface area (Å²) >= 11 is 0. The minimum Gasteiger partial charge on any atom is -0.411 e. The lowest BCUT2D eigenvalue weighted by atomic mass is 9.83. The van der Waals surface area contributed by atoms with E-state index in [0.717, 1.165) is 25.5 Å². The van der Waals surface area contributed by atoms with Crippen LogP contribution in [0.4, 0.5) is 0 Å². The summed E-state index contributed by atoms with van der Waals surface area (Å²) in [5, 5.41) is 11.2. The molecule has 0 aromatic heterocycles. The van der Waals surface area contributed by atoms with E-state index in [9.17, 15) is 4.79 Å². The third-order valence-corrected chi connectivity index (χ3v) is 3.94. The molecular formula is C20H37NO2. The summed E-state index contributed by atoms with van der Waals surface area (Å²) in [6.07, 6.45) is 10.1. The summed E-state index contributed by atoms with van der Waals surface area (Å²) in [6, 6.07) is 0. The van der Waals surface area contributed by atoms with Crippen LogP contribution in [0.15, 0.2) is 30.5 Å². The van der Waals surface area contributed by atoms with E-state index in [4.69, 9.17) is 5.21 Å². The summed E-state index contributed by atoms with van der Waals surface area (Å²) in [7, 11) is 0. The summed E-state index contributed by atoms with van der Waals surface area (Å²) in [5.74, 6) is 1.01. The second-order valence-electron chi connectivity index (χ2n) is 7.94. The molecule has 0 aliphatic rings. The molecule has 0 radical (unpaired) electrons. The van der Waals surface area contributed by atoms with Gasteiger partial charge in [0.05, 0.1) is 0 Å². The van der Waals surface area contributed by atoms with E-state index in [1.807, 2.05) is 12.2 Å². The average molecular weight is 324 g/mol. The number of carbonyl (C=O) groups excluding carboxylic acids is 1. The molecule has 3 nitrogen and oxygen atoms in total. The fraction of sp³-hybridized carbons (Fsp3) is 0.700. The van der Waals surface area contributed by atoms with Crippen LogP contribution in [0.3, 0.4) is 0 Å². The Morgan fingerprint density at radius 1 is 0.957 bits per heavy atom. The number of carbonyl (C=O) groups is 1.